The maximum absolute atomic E-state index is 12.4. The zero-order valence-corrected chi connectivity index (χ0v) is 24.7. The van der Waals surface area contributed by atoms with Crippen molar-refractivity contribution in [1.82, 2.24) is 24.8 Å². The Morgan fingerprint density at radius 3 is 2.41 bits per heavy atom. The molecule has 232 valence electrons. The molecule has 0 saturated carbocycles. The Labute approximate surface area is 252 Å². The number of pyridine rings is 1. The Morgan fingerprint density at radius 2 is 1.73 bits per heavy atom. The van der Waals surface area contributed by atoms with Gasteiger partial charge in [0.1, 0.15) is 5.75 Å². The van der Waals surface area contributed by atoms with Gasteiger partial charge in [-0.1, -0.05) is 36.4 Å². The van der Waals surface area contributed by atoms with Crippen molar-refractivity contribution < 1.29 is 31.1 Å². The number of ether oxygens (including phenoxy) is 1. The smallest absolute Gasteiger partial charge is 0.390 e. The van der Waals surface area contributed by atoms with E-state index in [9.17, 15) is 26.4 Å². The van der Waals surface area contributed by atoms with Crippen LogP contribution in [0.3, 0.4) is 0 Å². The molecular formula is C30H31F3N6O4S. The van der Waals surface area contributed by atoms with Crippen molar-refractivity contribution in [3.05, 3.63) is 78.2 Å². The van der Waals surface area contributed by atoms with Crippen molar-refractivity contribution in [2.75, 3.05) is 43.4 Å². The maximum atomic E-state index is 12.4. The predicted molar refractivity (Wildman–Crippen MR) is 160 cm³/mol. The first kappa shape index (κ1) is 31.1. The monoisotopic (exact) mass is 628 g/mol. The van der Waals surface area contributed by atoms with Gasteiger partial charge in [0, 0.05) is 44.5 Å². The van der Waals surface area contributed by atoms with Gasteiger partial charge in [0.25, 0.3) is 5.91 Å². The molecular weight excluding hydrogens is 597 g/mol. The van der Waals surface area contributed by atoms with Crippen LogP contribution < -0.4 is 14.4 Å². The number of alkyl halides is 3. The van der Waals surface area contributed by atoms with Crippen LogP contribution in [0.2, 0.25) is 0 Å². The van der Waals surface area contributed by atoms with E-state index in [0.29, 0.717) is 25.5 Å². The average Bonchev–Trinajstić information content (AvgIpc) is 3.01. The number of benzene rings is 2. The average molecular weight is 629 g/mol. The summed E-state index contributed by atoms with van der Waals surface area (Å²) in [6, 6.07) is 17.4. The summed E-state index contributed by atoms with van der Waals surface area (Å²) in [5, 5.41) is 10.1. The number of piperazine rings is 1. The van der Waals surface area contributed by atoms with Crippen molar-refractivity contribution >= 4 is 32.5 Å². The summed E-state index contributed by atoms with van der Waals surface area (Å²) >= 11 is 0. The van der Waals surface area contributed by atoms with Crippen molar-refractivity contribution in [2.45, 2.75) is 26.1 Å². The fourth-order valence-corrected chi connectivity index (χ4v) is 6.04. The number of sulfonamides is 1. The highest BCUT2D eigenvalue weighted by Crippen LogP contribution is 2.33. The molecule has 0 atom stereocenters. The number of hydrogen-bond donors (Lipinski definition) is 1. The van der Waals surface area contributed by atoms with Gasteiger partial charge < -0.3 is 9.64 Å². The van der Waals surface area contributed by atoms with Gasteiger partial charge in [0.2, 0.25) is 10.0 Å². The quantitative estimate of drug-likeness (QED) is 0.272. The Kier molecular flexibility index (Phi) is 9.30. The predicted octanol–water partition coefficient (Wildman–Crippen LogP) is 4.42. The van der Waals surface area contributed by atoms with E-state index in [1.807, 2.05) is 36.2 Å². The number of rotatable bonds is 10. The van der Waals surface area contributed by atoms with Gasteiger partial charge in [-0.15, -0.1) is 10.2 Å². The van der Waals surface area contributed by atoms with Crippen LogP contribution in [0.15, 0.2) is 67.0 Å². The summed E-state index contributed by atoms with van der Waals surface area (Å²) < 4.78 is 68.0. The van der Waals surface area contributed by atoms with E-state index in [1.54, 1.807) is 17.0 Å². The summed E-state index contributed by atoms with van der Waals surface area (Å²) in [7, 11) is -4.47. The van der Waals surface area contributed by atoms with E-state index < -0.39 is 34.3 Å². The lowest BCUT2D eigenvalue weighted by molar-refractivity contribution is -0.130. The van der Waals surface area contributed by atoms with Crippen LogP contribution in [0.5, 0.6) is 5.75 Å². The topological polar surface area (TPSA) is 118 Å². The highest BCUT2D eigenvalue weighted by molar-refractivity contribution is 7.90. The zero-order valence-electron chi connectivity index (χ0n) is 23.9. The summed E-state index contributed by atoms with van der Waals surface area (Å²) in [4.78, 5) is 20.9. The van der Waals surface area contributed by atoms with E-state index >= 15 is 0 Å². The van der Waals surface area contributed by atoms with Gasteiger partial charge in [-0.25, -0.2) is 13.1 Å². The number of anilines is 1. The largest absolute Gasteiger partial charge is 0.492 e. The van der Waals surface area contributed by atoms with Crippen LogP contribution >= 0.6 is 0 Å². The molecule has 44 heavy (non-hydrogen) atoms. The lowest BCUT2D eigenvalue weighted by atomic mass is 9.95. The molecule has 5 rings (SSSR count). The summed E-state index contributed by atoms with van der Waals surface area (Å²) in [5.74, 6) is -1.14. The first-order chi connectivity index (χ1) is 21.0. The standard InChI is InChI=1S/C30H31F3N6O4S/c1-2-43-23-17-22(18-34-19-23)25-8-7-21(24-5-3-4-6-26(24)25)20-38-12-14-39(15-13-38)28-10-9-27(35-36-28)29(40)37-44(41,42)16-11-30(31,32)33/h3-10,17-19H,2,11-16,20H2,1H3,(H,37,40). The van der Waals surface area contributed by atoms with Gasteiger partial charge >= 0.3 is 6.18 Å². The molecule has 0 bridgehead atoms. The summed E-state index contributed by atoms with van der Waals surface area (Å²) in [5.41, 5.74) is 2.96. The highest BCUT2D eigenvalue weighted by atomic mass is 32.2. The number of nitrogens with zero attached hydrogens (tertiary/aromatic N) is 5. The molecule has 0 spiro atoms. The van der Waals surface area contributed by atoms with Crippen molar-refractivity contribution in [3.8, 4) is 16.9 Å². The Hall–Kier alpha value is -4.30. The molecule has 10 nitrogen and oxygen atoms in total. The number of nitrogens with one attached hydrogen (secondary N) is 1. The van der Waals surface area contributed by atoms with Crippen LogP contribution in [-0.2, 0) is 16.6 Å². The number of carbonyl (C=O) groups excluding carboxylic acids is 1. The molecule has 2 aromatic heterocycles. The number of halogens is 3. The number of hydrogen-bond acceptors (Lipinski definition) is 9. The Balaban J connectivity index is 1.20. The molecule has 1 N–H and O–H groups in total. The van der Waals surface area contributed by atoms with Gasteiger partial charge in [0.15, 0.2) is 11.5 Å². The van der Waals surface area contributed by atoms with Crippen molar-refractivity contribution in [1.29, 1.82) is 0 Å². The molecule has 0 aliphatic carbocycles. The fourth-order valence-electron chi connectivity index (χ4n) is 5.05. The molecule has 1 amide bonds. The van der Waals surface area contributed by atoms with Crippen molar-refractivity contribution in [2.24, 2.45) is 0 Å². The van der Waals surface area contributed by atoms with Gasteiger partial charge in [0.05, 0.1) is 25.0 Å². The normalized spacial score (nSPS) is 14.5. The molecule has 1 aliphatic heterocycles. The molecule has 1 saturated heterocycles. The number of aromatic nitrogens is 3. The molecule has 14 heteroatoms. The van der Waals surface area contributed by atoms with Crippen LogP contribution in [0.25, 0.3) is 21.9 Å². The van der Waals surface area contributed by atoms with Crippen LogP contribution in [0.4, 0.5) is 19.0 Å². The Bertz CT molecular complexity index is 1730. The van der Waals surface area contributed by atoms with Gasteiger partial charge in [-0.2, -0.15) is 13.2 Å². The first-order valence-corrected chi connectivity index (χ1v) is 15.7. The van der Waals surface area contributed by atoms with E-state index in [2.05, 4.69) is 44.3 Å². The fraction of sp³-hybridized carbons (Fsp3) is 0.333. The molecule has 4 aromatic rings. The van der Waals surface area contributed by atoms with Crippen LogP contribution in [0, 0.1) is 0 Å². The third kappa shape index (κ3) is 7.80. The zero-order chi connectivity index (χ0) is 31.3. The summed E-state index contributed by atoms with van der Waals surface area (Å²) in [6.45, 7) is 6.05. The molecule has 0 radical (unpaired) electrons. The minimum Gasteiger partial charge on any atom is -0.492 e. The van der Waals surface area contributed by atoms with E-state index in [1.165, 1.54) is 11.6 Å². The molecule has 0 unspecified atom stereocenters. The minimum atomic E-state index is -4.66. The number of fused-ring (bicyclic) bond motifs is 1. The maximum Gasteiger partial charge on any atom is 0.390 e. The van der Waals surface area contributed by atoms with Crippen molar-refractivity contribution in [3.63, 3.8) is 0 Å². The SMILES string of the molecule is CCOc1cncc(-c2ccc(CN3CCN(c4ccc(C(=O)NS(=O)(=O)CCC(F)(F)F)nn4)CC3)c3ccccc23)c1. The lowest BCUT2D eigenvalue weighted by Gasteiger charge is -2.35. The summed E-state index contributed by atoms with van der Waals surface area (Å²) in [6.07, 6.45) is -2.67. The van der Waals surface area contributed by atoms with Gasteiger partial charge in [-0.05, 0) is 47.0 Å². The second-order valence-electron chi connectivity index (χ2n) is 10.3. The third-order valence-corrected chi connectivity index (χ3v) is 8.46. The van der Waals surface area contributed by atoms with E-state index in [0.717, 1.165) is 47.3 Å². The van der Waals surface area contributed by atoms with E-state index in [-0.39, 0.29) is 5.69 Å². The second-order valence-corrected chi connectivity index (χ2v) is 12.2. The second kappa shape index (κ2) is 13.1. The minimum absolute atomic E-state index is 0.307. The number of amides is 1. The molecule has 3 heterocycles. The lowest BCUT2D eigenvalue weighted by Crippen LogP contribution is -2.46. The highest BCUT2D eigenvalue weighted by Gasteiger charge is 2.31. The molecule has 1 aliphatic rings. The molecule has 1 fully saturated rings. The number of carbonyl (C=O) groups is 1. The third-order valence-electron chi connectivity index (χ3n) is 7.23. The van der Waals surface area contributed by atoms with E-state index in [4.69, 9.17) is 4.74 Å². The van der Waals surface area contributed by atoms with Gasteiger partial charge in [-0.3, -0.25) is 14.7 Å². The first-order valence-electron chi connectivity index (χ1n) is 14.0. The molecule has 2 aromatic carbocycles. The Morgan fingerprint density at radius 1 is 0.977 bits per heavy atom. The van der Waals surface area contributed by atoms with Crippen LogP contribution in [0.1, 0.15) is 29.4 Å². The van der Waals surface area contributed by atoms with Crippen LogP contribution in [-0.4, -0.2) is 79.1 Å².